The number of piperidine rings is 1. The Kier molecular flexibility index (Phi) is 5.54. The normalized spacial score (nSPS) is 31.6. The van der Waals surface area contributed by atoms with Crippen LogP contribution in [-0.2, 0) is 9.47 Å². The smallest absolute Gasteiger partial charge is 0.0741 e. The van der Waals surface area contributed by atoms with Gasteiger partial charge in [0.25, 0.3) is 0 Å². The predicted molar refractivity (Wildman–Crippen MR) is 84.6 cm³/mol. The Bertz CT molecular complexity index is 304. The van der Waals surface area contributed by atoms with Crippen molar-refractivity contribution in [2.24, 2.45) is 5.92 Å². The molecule has 21 heavy (non-hydrogen) atoms. The van der Waals surface area contributed by atoms with Crippen LogP contribution in [0.3, 0.4) is 0 Å². The van der Waals surface area contributed by atoms with Gasteiger partial charge >= 0.3 is 0 Å². The molecule has 1 spiro atoms. The average molecular weight is 296 g/mol. The standard InChI is InChI=1S/C17H32N2O2/c1-19-9-3-15(4-10-19)2-8-18-16-5-11-21-17(14-16)6-12-20-13-7-17/h15-16,18H,2-14H2,1H3. The molecule has 3 fully saturated rings. The van der Waals surface area contributed by atoms with Crippen molar-refractivity contribution < 1.29 is 9.47 Å². The van der Waals surface area contributed by atoms with Crippen LogP contribution < -0.4 is 5.32 Å². The highest BCUT2D eigenvalue weighted by Crippen LogP contribution is 2.34. The van der Waals surface area contributed by atoms with Crippen molar-refractivity contribution in [2.45, 2.75) is 56.6 Å². The molecule has 0 amide bonds. The molecular formula is C17H32N2O2. The third kappa shape index (κ3) is 4.41. The largest absolute Gasteiger partial charge is 0.381 e. The highest BCUT2D eigenvalue weighted by molar-refractivity contribution is 4.91. The van der Waals surface area contributed by atoms with Crippen molar-refractivity contribution in [1.82, 2.24) is 10.2 Å². The Morgan fingerprint density at radius 1 is 1.10 bits per heavy atom. The summed E-state index contributed by atoms with van der Waals surface area (Å²) in [6, 6.07) is 0.656. The molecule has 3 rings (SSSR count). The van der Waals surface area contributed by atoms with Gasteiger partial charge in [0.2, 0.25) is 0 Å². The molecule has 0 radical (unpaired) electrons. The summed E-state index contributed by atoms with van der Waals surface area (Å²) in [5, 5.41) is 3.82. The van der Waals surface area contributed by atoms with Gasteiger partial charge in [0.15, 0.2) is 0 Å². The summed E-state index contributed by atoms with van der Waals surface area (Å²) in [5.41, 5.74) is 0.127. The van der Waals surface area contributed by atoms with E-state index in [0.717, 1.165) is 38.6 Å². The van der Waals surface area contributed by atoms with Gasteiger partial charge in [-0.15, -0.1) is 0 Å². The maximum atomic E-state index is 6.12. The molecule has 0 aliphatic carbocycles. The lowest BCUT2D eigenvalue weighted by Crippen LogP contribution is -2.50. The van der Waals surface area contributed by atoms with Crippen LogP contribution in [0.5, 0.6) is 0 Å². The monoisotopic (exact) mass is 296 g/mol. The number of nitrogens with zero attached hydrogens (tertiary/aromatic N) is 1. The molecule has 0 bridgehead atoms. The highest BCUT2D eigenvalue weighted by atomic mass is 16.5. The summed E-state index contributed by atoms with van der Waals surface area (Å²) in [5.74, 6) is 0.936. The summed E-state index contributed by atoms with van der Waals surface area (Å²) in [7, 11) is 2.24. The Morgan fingerprint density at radius 3 is 2.62 bits per heavy atom. The average Bonchev–Trinajstić information content (AvgIpc) is 2.50. The van der Waals surface area contributed by atoms with Gasteiger partial charge in [0.05, 0.1) is 5.60 Å². The zero-order valence-corrected chi connectivity index (χ0v) is 13.6. The molecule has 0 aromatic carbocycles. The van der Waals surface area contributed by atoms with Crippen LogP contribution in [0.1, 0.15) is 44.9 Å². The molecule has 3 aliphatic heterocycles. The summed E-state index contributed by atoms with van der Waals surface area (Å²) in [6.45, 7) is 6.43. The highest BCUT2D eigenvalue weighted by Gasteiger charge is 2.38. The van der Waals surface area contributed by atoms with Crippen molar-refractivity contribution in [3.63, 3.8) is 0 Å². The number of ether oxygens (including phenoxy) is 2. The van der Waals surface area contributed by atoms with E-state index in [9.17, 15) is 0 Å². The molecule has 0 aromatic rings. The van der Waals surface area contributed by atoms with Gasteiger partial charge in [-0.05, 0) is 77.5 Å². The van der Waals surface area contributed by atoms with E-state index in [1.165, 1.54) is 51.7 Å². The first kappa shape index (κ1) is 15.7. The Morgan fingerprint density at radius 2 is 1.86 bits per heavy atom. The van der Waals surface area contributed by atoms with E-state index in [1.54, 1.807) is 0 Å². The second-order valence-corrected chi connectivity index (χ2v) is 7.32. The number of likely N-dealkylation sites (tertiary alicyclic amines) is 1. The topological polar surface area (TPSA) is 33.7 Å². The number of hydrogen-bond donors (Lipinski definition) is 1. The molecule has 4 heteroatoms. The fraction of sp³-hybridized carbons (Fsp3) is 1.00. The minimum Gasteiger partial charge on any atom is -0.381 e. The molecule has 1 atom stereocenters. The third-order valence-corrected chi connectivity index (χ3v) is 5.72. The molecule has 0 saturated carbocycles. The molecule has 3 saturated heterocycles. The second-order valence-electron chi connectivity index (χ2n) is 7.32. The van der Waals surface area contributed by atoms with Gasteiger partial charge in [-0.25, -0.2) is 0 Å². The van der Waals surface area contributed by atoms with E-state index in [4.69, 9.17) is 9.47 Å². The predicted octanol–water partition coefficient (Wildman–Crippen LogP) is 2.04. The summed E-state index contributed by atoms with van der Waals surface area (Å²) < 4.78 is 11.6. The first-order chi connectivity index (χ1) is 10.3. The van der Waals surface area contributed by atoms with E-state index >= 15 is 0 Å². The lowest BCUT2D eigenvalue weighted by molar-refractivity contribution is -0.140. The molecule has 122 valence electrons. The molecule has 1 N–H and O–H groups in total. The van der Waals surface area contributed by atoms with Gasteiger partial charge in [-0.2, -0.15) is 0 Å². The maximum absolute atomic E-state index is 6.12. The number of hydrogen-bond acceptors (Lipinski definition) is 4. The van der Waals surface area contributed by atoms with Crippen molar-refractivity contribution in [1.29, 1.82) is 0 Å². The van der Waals surface area contributed by atoms with Crippen molar-refractivity contribution in [3.05, 3.63) is 0 Å². The Labute approximate surface area is 129 Å². The van der Waals surface area contributed by atoms with Crippen LogP contribution in [0, 0.1) is 5.92 Å². The minimum atomic E-state index is 0.127. The summed E-state index contributed by atoms with van der Waals surface area (Å²) in [6.07, 6.45) is 8.64. The first-order valence-electron chi connectivity index (χ1n) is 8.89. The van der Waals surface area contributed by atoms with E-state index in [1.807, 2.05) is 0 Å². The quantitative estimate of drug-likeness (QED) is 0.861. The van der Waals surface area contributed by atoms with Crippen molar-refractivity contribution >= 4 is 0 Å². The van der Waals surface area contributed by atoms with Crippen LogP contribution in [-0.4, -0.2) is 63.0 Å². The van der Waals surface area contributed by atoms with Gasteiger partial charge in [0.1, 0.15) is 0 Å². The van der Waals surface area contributed by atoms with Gasteiger partial charge in [-0.3, -0.25) is 0 Å². The molecule has 3 heterocycles. The first-order valence-corrected chi connectivity index (χ1v) is 8.89. The summed E-state index contributed by atoms with van der Waals surface area (Å²) in [4.78, 5) is 2.46. The second kappa shape index (κ2) is 7.40. The maximum Gasteiger partial charge on any atom is 0.0741 e. The van der Waals surface area contributed by atoms with Gasteiger partial charge in [0, 0.05) is 25.9 Å². The van der Waals surface area contributed by atoms with Crippen molar-refractivity contribution in [3.8, 4) is 0 Å². The van der Waals surface area contributed by atoms with Crippen LogP contribution in [0.4, 0.5) is 0 Å². The summed E-state index contributed by atoms with van der Waals surface area (Å²) >= 11 is 0. The SMILES string of the molecule is CN1CCC(CCNC2CCOC3(CCOCC3)C2)CC1. The lowest BCUT2D eigenvalue weighted by atomic mass is 9.84. The Balaban J connectivity index is 1.37. The van der Waals surface area contributed by atoms with Crippen molar-refractivity contribution in [2.75, 3.05) is 46.5 Å². The minimum absolute atomic E-state index is 0.127. The molecular weight excluding hydrogens is 264 g/mol. The molecule has 0 aromatic heterocycles. The number of nitrogens with one attached hydrogen (secondary N) is 1. The third-order valence-electron chi connectivity index (χ3n) is 5.72. The lowest BCUT2D eigenvalue weighted by Gasteiger charge is -2.43. The van der Waals surface area contributed by atoms with Crippen LogP contribution in [0.2, 0.25) is 0 Å². The van der Waals surface area contributed by atoms with Crippen LogP contribution >= 0.6 is 0 Å². The van der Waals surface area contributed by atoms with Gasteiger partial charge < -0.3 is 19.7 Å². The van der Waals surface area contributed by atoms with Crippen LogP contribution in [0.25, 0.3) is 0 Å². The Hall–Kier alpha value is -0.160. The van der Waals surface area contributed by atoms with E-state index < -0.39 is 0 Å². The molecule has 1 unspecified atom stereocenters. The van der Waals surface area contributed by atoms with E-state index in [2.05, 4.69) is 17.3 Å². The molecule has 4 nitrogen and oxygen atoms in total. The van der Waals surface area contributed by atoms with E-state index in [-0.39, 0.29) is 5.60 Å². The zero-order valence-electron chi connectivity index (χ0n) is 13.6. The van der Waals surface area contributed by atoms with Gasteiger partial charge in [-0.1, -0.05) is 0 Å². The van der Waals surface area contributed by atoms with E-state index in [0.29, 0.717) is 6.04 Å². The zero-order chi connectivity index (χ0) is 14.5. The fourth-order valence-corrected chi connectivity index (χ4v) is 4.14. The fourth-order valence-electron chi connectivity index (χ4n) is 4.14. The molecule has 3 aliphatic rings. The van der Waals surface area contributed by atoms with Crippen LogP contribution in [0.15, 0.2) is 0 Å². The number of rotatable bonds is 4.